The molecule has 1 saturated heterocycles. The molecule has 1 aromatic carbocycles. The molecule has 1 fully saturated rings. The maximum Gasteiger partial charge on any atom is 0.293 e. The van der Waals surface area contributed by atoms with Crippen LogP contribution in [0, 0.1) is 10.1 Å². The second-order valence-electron chi connectivity index (χ2n) is 4.40. The Labute approximate surface area is 124 Å². The van der Waals surface area contributed by atoms with Crippen molar-refractivity contribution in [2.75, 3.05) is 25.1 Å². The van der Waals surface area contributed by atoms with Gasteiger partial charge in [-0.3, -0.25) is 14.9 Å². The number of amides is 1. The number of nitrogens with one attached hydrogen (secondary N) is 2. The molecule has 0 saturated carbocycles. The summed E-state index contributed by atoms with van der Waals surface area (Å²) in [5, 5.41) is 16.5. The topological polar surface area (TPSA) is 93.5 Å². The lowest BCUT2D eigenvalue weighted by Gasteiger charge is -2.12. The molecule has 0 bridgehead atoms. The van der Waals surface area contributed by atoms with Gasteiger partial charge in [-0.05, 0) is 18.6 Å². The Morgan fingerprint density at radius 2 is 2.35 bits per heavy atom. The molecule has 2 N–H and O–H groups in total. The van der Waals surface area contributed by atoms with E-state index in [0.29, 0.717) is 23.4 Å². The van der Waals surface area contributed by atoms with E-state index < -0.39 is 4.92 Å². The van der Waals surface area contributed by atoms with Gasteiger partial charge in [0.1, 0.15) is 5.69 Å². The number of hydrogen-bond donors (Lipinski definition) is 2. The second-order valence-corrected chi connectivity index (χ2v) is 5.32. The average Bonchev–Trinajstić information content (AvgIpc) is 2.90. The minimum atomic E-state index is -0.490. The van der Waals surface area contributed by atoms with Gasteiger partial charge in [-0.1, -0.05) is 15.9 Å². The number of rotatable bonds is 5. The third-order valence-corrected chi connectivity index (χ3v) is 3.38. The number of carbonyl (C=O) groups excluding carboxylic acids is 1. The zero-order valence-electron chi connectivity index (χ0n) is 10.6. The average molecular weight is 344 g/mol. The zero-order chi connectivity index (χ0) is 14.5. The molecule has 0 spiro atoms. The first-order valence-electron chi connectivity index (χ1n) is 6.11. The van der Waals surface area contributed by atoms with Gasteiger partial charge in [-0.15, -0.1) is 0 Å². The maximum atomic E-state index is 11.7. The van der Waals surface area contributed by atoms with E-state index in [2.05, 4.69) is 26.6 Å². The van der Waals surface area contributed by atoms with Crippen molar-refractivity contribution in [3.63, 3.8) is 0 Å². The fourth-order valence-electron chi connectivity index (χ4n) is 1.91. The summed E-state index contributed by atoms with van der Waals surface area (Å²) in [7, 11) is 0. The standard InChI is InChI=1S/C12H14BrN3O4/c13-8-1-2-10(11(5-8)16(18)19)14-6-12(17)15-9-3-4-20-7-9/h1-2,5,9,14H,3-4,6-7H2,(H,15,17). The van der Waals surface area contributed by atoms with E-state index >= 15 is 0 Å². The van der Waals surface area contributed by atoms with E-state index in [1.165, 1.54) is 6.07 Å². The lowest BCUT2D eigenvalue weighted by Crippen LogP contribution is -2.38. The van der Waals surface area contributed by atoms with E-state index in [1.54, 1.807) is 12.1 Å². The van der Waals surface area contributed by atoms with E-state index in [9.17, 15) is 14.9 Å². The smallest absolute Gasteiger partial charge is 0.293 e. The predicted molar refractivity (Wildman–Crippen MR) is 76.7 cm³/mol. The monoisotopic (exact) mass is 343 g/mol. The molecule has 1 aliphatic heterocycles. The summed E-state index contributed by atoms with van der Waals surface area (Å²) >= 11 is 3.18. The molecular weight excluding hydrogens is 330 g/mol. The van der Waals surface area contributed by atoms with Crippen molar-refractivity contribution in [2.24, 2.45) is 0 Å². The molecule has 1 heterocycles. The van der Waals surface area contributed by atoms with Gasteiger partial charge in [-0.25, -0.2) is 0 Å². The van der Waals surface area contributed by atoms with E-state index in [4.69, 9.17) is 4.74 Å². The Balaban J connectivity index is 1.93. The molecule has 1 aliphatic rings. The lowest BCUT2D eigenvalue weighted by atomic mass is 10.2. The molecule has 1 amide bonds. The molecule has 1 unspecified atom stereocenters. The summed E-state index contributed by atoms with van der Waals surface area (Å²) < 4.78 is 5.77. The highest BCUT2D eigenvalue weighted by Crippen LogP contribution is 2.27. The number of nitro groups is 1. The molecule has 8 heteroatoms. The lowest BCUT2D eigenvalue weighted by molar-refractivity contribution is -0.384. The number of halogens is 1. The van der Waals surface area contributed by atoms with Crippen LogP contribution in [-0.4, -0.2) is 36.6 Å². The highest BCUT2D eigenvalue weighted by atomic mass is 79.9. The number of hydrogen-bond acceptors (Lipinski definition) is 5. The number of benzene rings is 1. The minimum Gasteiger partial charge on any atom is -0.379 e. The highest BCUT2D eigenvalue weighted by molar-refractivity contribution is 9.10. The first-order valence-corrected chi connectivity index (χ1v) is 6.90. The maximum absolute atomic E-state index is 11.7. The van der Waals surface area contributed by atoms with Crippen LogP contribution in [0.2, 0.25) is 0 Å². The van der Waals surface area contributed by atoms with Crippen LogP contribution in [0.5, 0.6) is 0 Å². The van der Waals surface area contributed by atoms with Crippen LogP contribution in [-0.2, 0) is 9.53 Å². The van der Waals surface area contributed by atoms with Crippen LogP contribution in [0.3, 0.4) is 0 Å². The minimum absolute atomic E-state index is 0.0149. The molecule has 1 atom stereocenters. The number of carbonyl (C=O) groups is 1. The summed E-state index contributed by atoms with van der Waals surface area (Å²) in [5.41, 5.74) is 0.243. The Bertz CT molecular complexity index is 517. The molecule has 1 aromatic rings. The number of anilines is 1. The Hall–Kier alpha value is -1.67. The van der Waals surface area contributed by atoms with Crippen molar-refractivity contribution < 1.29 is 14.5 Å². The van der Waals surface area contributed by atoms with Crippen molar-refractivity contribution in [3.8, 4) is 0 Å². The first-order chi connectivity index (χ1) is 9.56. The largest absolute Gasteiger partial charge is 0.379 e. The molecular formula is C12H14BrN3O4. The van der Waals surface area contributed by atoms with Crippen molar-refractivity contribution in [2.45, 2.75) is 12.5 Å². The molecule has 108 valence electrons. The summed E-state index contributed by atoms with van der Waals surface area (Å²) in [6.07, 6.45) is 0.796. The summed E-state index contributed by atoms with van der Waals surface area (Å²) in [4.78, 5) is 22.1. The zero-order valence-corrected chi connectivity index (χ0v) is 12.2. The third kappa shape index (κ3) is 3.91. The van der Waals surface area contributed by atoms with Crippen LogP contribution in [0.15, 0.2) is 22.7 Å². The van der Waals surface area contributed by atoms with Gasteiger partial charge in [0.15, 0.2) is 0 Å². The summed E-state index contributed by atoms with van der Waals surface area (Å²) in [5.74, 6) is -0.210. The summed E-state index contributed by atoms with van der Waals surface area (Å²) in [6.45, 7) is 1.15. The Kier molecular flexibility index (Phi) is 4.91. The van der Waals surface area contributed by atoms with Crippen molar-refractivity contribution in [1.82, 2.24) is 5.32 Å². The number of nitrogens with zero attached hydrogens (tertiary/aromatic N) is 1. The highest BCUT2D eigenvalue weighted by Gasteiger charge is 2.19. The van der Waals surface area contributed by atoms with Gasteiger partial charge in [0.2, 0.25) is 5.91 Å². The van der Waals surface area contributed by atoms with Gasteiger partial charge in [0.25, 0.3) is 5.69 Å². The van der Waals surface area contributed by atoms with Crippen LogP contribution in [0.4, 0.5) is 11.4 Å². The molecule has 0 aliphatic carbocycles. The fraction of sp³-hybridized carbons (Fsp3) is 0.417. The SMILES string of the molecule is O=C(CNc1ccc(Br)cc1[N+](=O)[O-])NC1CCOC1. The van der Waals surface area contributed by atoms with Crippen LogP contribution in [0.25, 0.3) is 0 Å². The van der Waals surface area contributed by atoms with Crippen LogP contribution >= 0.6 is 15.9 Å². The first kappa shape index (κ1) is 14.7. The van der Waals surface area contributed by atoms with Crippen LogP contribution in [0.1, 0.15) is 6.42 Å². The van der Waals surface area contributed by atoms with E-state index in [0.717, 1.165) is 6.42 Å². The number of nitro benzene ring substituents is 1. The van der Waals surface area contributed by atoms with Crippen molar-refractivity contribution >= 4 is 33.2 Å². The Morgan fingerprint density at radius 3 is 3.00 bits per heavy atom. The Morgan fingerprint density at radius 1 is 1.55 bits per heavy atom. The summed E-state index contributed by atoms with van der Waals surface area (Å²) in [6, 6.07) is 4.67. The molecule has 0 aromatic heterocycles. The van der Waals surface area contributed by atoms with Gasteiger partial charge in [0, 0.05) is 17.1 Å². The predicted octanol–water partition coefficient (Wildman–Crippen LogP) is 1.67. The van der Waals surface area contributed by atoms with Gasteiger partial charge in [0.05, 0.1) is 24.1 Å². The van der Waals surface area contributed by atoms with Gasteiger partial charge in [-0.2, -0.15) is 0 Å². The number of ether oxygens (including phenoxy) is 1. The van der Waals surface area contributed by atoms with Crippen LogP contribution < -0.4 is 10.6 Å². The molecule has 2 rings (SSSR count). The van der Waals surface area contributed by atoms with E-state index in [-0.39, 0.29) is 24.2 Å². The van der Waals surface area contributed by atoms with Gasteiger partial charge >= 0.3 is 0 Å². The van der Waals surface area contributed by atoms with Gasteiger partial charge < -0.3 is 15.4 Å². The third-order valence-electron chi connectivity index (χ3n) is 2.89. The molecule has 0 radical (unpaired) electrons. The van der Waals surface area contributed by atoms with E-state index in [1.807, 2.05) is 0 Å². The van der Waals surface area contributed by atoms with Crippen molar-refractivity contribution in [1.29, 1.82) is 0 Å². The molecule has 20 heavy (non-hydrogen) atoms. The van der Waals surface area contributed by atoms with Crippen molar-refractivity contribution in [3.05, 3.63) is 32.8 Å². The second kappa shape index (κ2) is 6.67. The quantitative estimate of drug-likeness (QED) is 0.626. The molecule has 7 nitrogen and oxygen atoms in total. The fourth-order valence-corrected chi connectivity index (χ4v) is 2.26. The normalized spacial score (nSPS) is 17.8.